The lowest BCUT2D eigenvalue weighted by atomic mass is 9.91. The molecule has 0 aliphatic carbocycles. The number of fused-ring (bicyclic) bond motifs is 1. The number of anilines is 2. The van der Waals surface area contributed by atoms with Crippen LogP contribution in [0.1, 0.15) is 70.0 Å². The molecular formula is C35H39F2N7O4. The van der Waals surface area contributed by atoms with Gasteiger partial charge in [-0.3, -0.25) is 14.7 Å². The van der Waals surface area contributed by atoms with Crippen molar-refractivity contribution in [1.82, 2.24) is 14.9 Å². The highest BCUT2D eigenvalue weighted by molar-refractivity contribution is 6.00. The van der Waals surface area contributed by atoms with Gasteiger partial charge in [0.05, 0.1) is 35.4 Å². The lowest BCUT2D eigenvalue weighted by Crippen LogP contribution is -2.44. The molecule has 11 nitrogen and oxygen atoms in total. The number of nitrogens with one attached hydrogen (secondary N) is 2. The van der Waals surface area contributed by atoms with E-state index in [4.69, 9.17) is 19.9 Å². The highest BCUT2D eigenvalue weighted by Crippen LogP contribution is 2.40. The summed E-state index contributed by atoms with van der Waals surface area (Å²) < 4.78 is 39.2. The number of likely N-dealkylation sites (tertiary alicyclic amines) is 1. The van der Waals surface area contributed by atoms with E-state index in [-0.39, 0.29) is 36.9 Å². The molecule has 13 heteroatoms. The number of halogens is 2. The van der Waals surface area contributed by atoms with Crippen molar-refractivity contribution in [1.29, 1.82) is 10.7 Å². The first-order valence-electron chi connectivity index (χ1n) is 15.9. The summed E-state index contributed by atoms with van der Waals surface area (Å²) in [5.74, 6) is -1.16. The van der Waals surface area contributed by atoms with Crippen LogP contribution in [0.15, 0.2) is 30.5 Å². The molecule has 1 fully saturated rings. The molecular weight excluding hydrogens is 620 g/mol. The molecule has 2 aliphatic rings. The highest BCUT2D eigenvalue weighted by atomic mass is 19.1. The Bertz CT molecular complexity index is 1780. The topological polar surface area (TPSA) is 145 Å². The molecule has 0 atom stereocenters. The van der Waals surface area contributed by atoms with Gasteiger partial charge in [-0.1, -0.05) is 19.9 Å². The maximum atomic E-state index is 14.5. The van der Waals surface area contributed by atoms with Gasteiger partial charge in [0, 0.05) is 42.5 Å². The molecule has 0 radical (unpaired) electrons. The van der Waals surface area contributed by atoms with Gasteiger partial charge in [-0.2, -0.15) is 5.26 Å². The number of hydrogen-bond acceptors (Lipinski definition) is 9. The van der Waals surface area contributed by atoms with Gasteiger partial charge < -0.3 is 25.1 Å². The Balaban J connectivity index is 1.49. The molecule has 0 unspecified atom stereocenters. The van der Waals surface area contributed by atoms with E-state index in [1.165, 1.54) is 11.1 Å². The third-order valence-corrected chi connectivity index (χ3v) is 8.04. The Morgan fingerprint density at radius 1 is 1.23 bits per heavy atom. The van der Waals surface area contributed by atoms with E-state index in [0.29, 0.717) is 83.6 Å². The number of ether oxygens (including phenoxy) is 2. The maximum absolute atomic E-state index is 14.5. The molecule has 2 N–H and O–H groups in total. The number of nitrogens with zero attached hydrogens (tertiary/aromatic N) is 5. The van der Waals surface area contributed by atoms with Gasteiger partial charge in [0.2, 0.25) is 0 Å². The third kappa shape index (κ3) is 7.54. The third-order valence-electron chi connectivity index (χ3n) is 8.04. The smallest absolute Gasteiger partial charge is 0.410 e. The van der Waals surface area contributed by atoms with Crippen LogP contribution in [0.2, 0.25) is 0 Å². The number of rotatable bonds is 8. The zero-order valence-electron chi connectivity index (χ0n) is 27.7. The number of carbonyl (C=O) groups is 2. The molecule has 1 aromatic carbocycles. The van der Waals surface area contributed by atoms with Crippen LogP contribution >= 0.6 is 0 Å². The predicted octanol–water partition coefficient (Wildman–Crippen LogP) is 6.23. The van der Waals surface area contributed by atoms with Crippen molar-refractivity contribution < 1.29 is 27.8 Å². The number of pyridine rings is 2. The SMILES string of the molecule is CC(C)Cc1nc(NC2CCN(C(=O)OC(C)(C)C)CC2)c(C=N)c(-c2ccc3c(c2)OCC(=O)N3Cc2ncc(F)cc2F)c1C#N. The average molecular weight is 660 g/mol. The molecule has 5 rings (SSSR count). The van der Waals surface area contributed by atoms with Crippen LogP contribution in [0, 0.1) is 34.3 Å². The van der Waals surface area contributed by atoms with Crippen LogP contribution in [0.25, 0.3) is 11.1 Å². The molecule has 4 heterocycles. The first kappa shape index (κ1) is 34.2. The van der Waals surface area contributed by atoms with Crippen LogP contribution in [0.5, 0.6) is 5.75 Å². The van der Waals surface area contributed by atoms with E-state index in [1.807, 2.05) is 34.6 Å². The standard InChI is InChI=1S/C35H39F2N7O4/c1-20(2)12-27-24(15-38)32(25(16-39)33(42-27)41-23-8-10-43(11-9-23)34(46)48-35(3,4)5)21-6-7-29-30(13-21)47-19-31(45)44(29)18-28-26(37)14-22(36)17-40-28/h6-7,13-14,16-17,20,23,39H,8-12,18-19H2,1-5H3,(H,41,42). The average Bonchev–Trinajstić information content (AvgIpc) is 3.02. The number of aromatic nitrogens is 2. The van der Waals surface area contributed by atoms with Crippen molar-refractivity contribution in [2.45, 2.75) is 72.1 Å². The van der Waals surface area contributed by atoms with Gasteiger partial charge in [0.15, 0.2) is 6.61 Å². The maximum Gasteiger partial charge on any atom is 0.410 e. The summed E-state index contributed by atoms with van der Waals surface area (Å²) in [4.78, 5) is 37.1. The number of benzene rings is 1. The van der Waals surface area contributed by atoms with Crippen molar-refractivity contribution in [2.24, 2.45) is 5.92 Å². The molecule has 2 aliphatic heterocycles. The Morgan fingerprint density at radius 2 is 1.96 bits per heavy atom. The Kier molecular flexibility index (Phi) is 9.93. The van der Waals surface area contributed by atoms with E-state index in [1.54, 1.807) is 23.1 Å². The van der Waals surface area contributed by atoms with Crippen molar-refractivity contribution in [3.8, 4) is 22.9 Å². The second-order valence-electron chi connectivity index (χ2n) is 13.3. The van der Waals surface area contributed by atoms with E-state index in [9.17, 15) is 23.6 Å². The summed E-state index contributed by atoms with van der Waals surface area (Å²) in [5, 5.41) is 22.3. The Labute approximate surface area is 278 Å². The van der Waals surface area contributed by atoms with Gasteiger partial charge in [-0.15, -0.1) is 0 Å². The zero-order chi connectivity index (χ0) is 34.7. The molecule has 0 saturated carbocycles. The fourth-order valence-corrected chi connectivity index (χ4v) is 5.82. The molecule has 48 heavy (non-hydrogen) atoms. The molecule has 0 spiro atoms. The van der Waals surface area contributed by atoms with Crippen LogP contribution in [-0.4, -0.2) is 64.4 Å². The minimum absolute atomic E-state index is 0.0468. The summed E-state index contributed by atoms with van der Waals surface area (Å²) >= 11 is 0. The molecule has 2 aromatic heterocycles. The van der Waals surface area contributed by atoms with Crippen molar-refractivity contribution in [3.05, 3.63) is 64.6 Å². The highest BCUT2D eigenvalue weighted by Gasteiger charge is 2.31. The molecule has 1 saturated heterocycles. The first-order chi connectivity index (χ1) is 22.8. The van der Waals surface area contributed by atoms with E-state index in [2.05, 4.69) is 16.4 Å². The fraction of sp³-hybridized carbons (Fsp3) is 0.429. The van der Waals surface area contributed by atoms with Crippen molar-refractivity contribution in [3.63, 3.8) is 0 Å². The van der Waals surface area contributed by atoms with Crippen molar-refractivity contribution in [2.75, 3.05) is 29.9 Å². The first-order valence-corrected chi connectivity index (χ1v) is 15.9. The quantitative estimate of drug-likeness (QED) is 0.271. The minimum atomic E-state index is -0.869. The minimum Gasteiger partial charge on any atom is -0.482 e. The number of piperidine rings is 1. The molecule has 2 amide bonds. The summed E-state index contributed by atoms with van der Waals surface area (Å²) in [5.41, 5.74) is 2.06. The number of amides is 2. The van der Waals surface area contributed by atoms with E-state index < -0.39 is 23.1 Å². The number of carbonyl (C=O) groups excluding carboxylic acids is 2. The lowest BCUT2D eigenvalue weighted by molar-refractivity contribution is -0.121. The summed E-state index contributed by atoms with van der Waals surface area (Å²) in [6.45, 7) is 9.99. The van der Waals surface area contributed by atoms with E-state index >= 15 is 0 Å². The van der Waals surface area contributed by atoms with Crippen molar-refractivity contribution >= 4 is 29.7 Å². The number of hydrogen-bond donors (Lipinski definition) is 2. The van der Waals surface area contributed by atoms with E-state index in [0.717, 1.165) is 6.20 Å². The Morgan fingerprint density at radius 3 is 2.58 bits per heavy atom. The second kappa shape index (κ2) is 13.9. The lowest BCUT2D eigenvalue weighted by Gasteiger charge is -2.34. The largest absolute Gasteiger partial charge is 0.482 e. The second-order valence-corrected chi connectivity index (χ2v) is 13.3. The van der Waals surface area contributed by atoms with Crippen LogP contribution < -0.4 is 15.0 Å². The summed E-state index contributed by atoms with van der Waals surface area (Å²) in [7, 11) is 0. The van der Waals surface area contributed by atoms with Gasteiger partial charge in [0.25, 0.3) is 5.91 Å². The fourth-order valence-electron chi connectivity index (χ4n) is 5.82. The summed E-state index contributed by atoms with van der Waals surface area (Å²) in [6, 6.07) is 8.03. The normalized spacial score (nSPS) is 15.1. The van der Waals surface area contributed by atoms with Crippen LogP contribution in [-0.2, 0) is 22.5 Å². The van der Waals surface area contributed by atoms with Gasteiger partial charge in [0.1, 0.15) is 34.9 Å². The molecule has 3 aromatic rings. The molecule has 0 bridgehead atoms. The summed E-state index contributed by atoms with van der Waals surface area (Å²) in [6.07, 6.45) is 3.48. The molecule has 252 valence electrons. The van der Waals surface area contributed by atoms with Gasteiger partial charge >= 0.3 is 6.09 Å². The van der Waals surface area contributed by atoms with Crippen LogP contribution in [0.3, 0.4) is 0 Å². The monoisotopic (exact) mass is 659 g/mol. The Hall–Kier alpha value is -5.12. The van der Waals surface area contributed by atoms with Gasteiger partial charge in [-0.25, -0.2) is 18.6 Å². The predicted molar refractivity (Wildman–Crippen MR) is 176 cm³/mol. The number of nitriles is 1. The van der Waals surface area contributed by atoms with Gasteiger partial charge in [-0.05, 0) is 63.6 Å². The zero-order valence-corrected chi connectivity index (χ0v) is 27.7. The van der Waals surface area contributed by atoms with Crippen LogP contribution in [0.4, 0.5) is 25.1 Å².